The van der Waals surface area contributed by atoms with E-state index in [1.807, 2.05) is 6.92 Å². The van der Waals surface area contributed by atoms with Crippen LogP contribution >= 0.6 is 0 Å². The Labute approximate surface area is 109 Å². The van der Waals surface area contributed by atoms with Crippen molar-refractivity contribution in [3.63, 3.8) is 0 Å². The summed E-state index contributed by atoms with van der Waals surface area (Å²) >= 11 is 0. The van der Waals surface area contributed by atoms with Crippen molar-refractivity contribution in [2.45, 2.75) is 25.6 Å². The van der Waals surface area contributed by atoms with Crippen LogP contribution in [-0.4, -0.2) is 25.9 Å². The molecule has 0 bridgehead atoms. The third-order valence-electron chi connectivity index (χ3n) is 2.58. The van der Waals surface area contributed by atoms with Gasteiger partial charge >= 0.3 is 6.18 Å². The Morgan fingerprint density at radius 2 is 1.84 bits per heavy atom. The van der Waals surface area contributed by atoms with E-state index in [1.165, 1.54) is 12.1 Å². The molecule has 0 spiro atoms. The van der Waals surface area contributed by atoms with E-state index in [1.54, 1.807) is 12.1 Å². The SMILES string of the molecule is CCC(NCCOCC(F)(F)F)c1ccc(F)cc1. The van der Waals surface area contributed by atoms with Crippen molar-refractivity contribution in [1.82, 2.24) is 5.32 Å². The lowest BCUT2D eigenvalue weighted by Crippen LogP contribution is -2.27. The lowest BCUT2D eigenvalue weighted by atomic mass is 10.0. The van der Waals surface area contributed by atoms with Crippen LogP contribution in [0, 0.1) is 5.82 Å². The molecule has 0 saturated carbocycles. The molecule has 1 aromatic rings. The minimum Gasteiger partial charge on any atom is -0.371 e. The molecule has 0 fully saturated rings. The van der Waals surface area contributed by atoms with Crippen molar-refractivity contribution in [3.8, 4) is 0 Å². The molecule has 0 aliphatic carbocycles. The summed E-state index contributed by atoms with van der Waals surface area (Å²) in [6.07, 6.45) is -3.54. The van der Waals surface area contributed by atoms with Gasteiger partial charge in [-0.25, -0.2) is 4.39 Å². The number of hydrogen-bond acceptors (Lipinski definition) is 2. The first-order chi connectivity index (χ1) is 8.92. The zero-order valence-electron chi connectivity index (χ0n) is 10.6. The maximum atomic E-state index is 12.8. The quantitative estimate of drug-likeness (QED) is 0.610. The summed E-state index contributed by atoms with van der Waals surface area (Å²) in [7, 11) is 0. The smallest absolute Gasteiger partial charge is 0.371 e. The Kier molecular flexibility index (Phi) is 6.24. The molecular weight excluding hydrogens is 262 g/mol. The molecule has 19 heavy (non-hydrogen) atoms. The number of nitrogens with one attached hydrogen (secondary N) is 1. The van der Waals surface area contributed by atoms with Crippen LogP contribution < -0.4 is 5.32 Å². The molecule has 0 amide bonds. The Balaban J connectivity index is 2.31. The van der Waals surface area contributed by atoms with Crippen molar-refractivity contribution in [2.24, 2.45) is 0 Å². The molecule has 0 aromatic heterocycles. The van der Waals surface area contributed by atoms with Crippen LogP contribution in [0.2, 0.25) is 0 Å². The van der Waals surface area contributed by atoms with Crippen molar-refractivity contribution in [3.05, 3.63) is 35.6 Å². The van der Waals surface area contributed by atoms with Gasteiger partial charge in [0, 0.05) is 12.6 Å². The van der Waals surface area contributed by atoms with Gasteiger partial charge < -0.3 is 10.1 Å². The first kappa shape index (κ1) is 15.9. The molecule has 1 N–H and O–H groups in total. The van der Waals surface area contributed by atoms with E-state index in [4.69, 9.17) is 0 Å². The maximum absolute atomic E-state index is 12.8. The molecule has 0 radical (unpaired) electrons. The van der Waals surface area contributed by atoms with Gasteiger partial charge in [-0.1, -0.05) is 19.1 Å². The number of alkyl halides is 3. The molecule has 108 valence electrons. The molecule has 0 heterocycles. The summed E-state index contributed by atoms with van der Waals surface area (Å²) < 4.78 is 52.8. The van der Waals surface area contributed by atoms with E-state index < -0.39 is 12.8 Å². The molecule has 0 aliphatic rings. The second-order valence-corrected chi connectivity index (χ2v) is 4.13. The average molecular weight is 279 g/mol. The predicted octanol–water partition coefficient (Wildman–Crippen LogP) is 3.45. The normalized spacial score (nSPS) is 13.5. The largest absolute Gasteiger partial charge is 0.411 e. The zero-order valence-corrected chi connectivity index (χ0v) is 10.6. The van der Waals surface area contributed by atoms with E-state index in [9.17, 15) is 17.6 Å². The van der Waals surface area contributed by atoms with Crippen molar-refractivity contribution >= 4 is 0 Å². The number of ether oxygens (including phenoxy) is 1. The Morgan fingerprint density at radius 1 is 1.21 bits per heavy atom. The Hall–Kier alpha value is -1.14. The third kappa shape index (κ3) is 6.54. The lowest BCUT2D eigenvalue weighted by molar-refractivity contribution is -0.173. The second kappa shape index (κ2) is 7.45. The summed E-state index contributed by atoms with van der Waals surface area (Å²) in [5.41, 5.74) is 0.903. The number of rotatable bonds is 7. The van der Waals surface area contributed by atoms with Crippen LogP contribution in [0.25, 0.3) is 0 Å². The molecule has 0 saturated heterocycles. The summed E-state index contributed by atoms with van der Waals surface area (Å²) in [6.45, 7) is 1.00. The standard InChI is InChI=1S/C13H17F4NO/c1-2-12(10-3-5-11(14)6-4-10)18-7-8-19-9-13(15,16)17/h3-6,12,18H,2,7-9H2,1H3. The zero-order chi connectivity index (χ0) is 14.3. The molecule has 0 aliphatic heterocycles. The van der Waals surface area contributed by atoms with Crippen LogP contribution in [0.4, 0.5) is 17.6 Å². The maximum Gasteiger partial charge on any atom is 0.411 e. The molecule has 1 atom stereocenters. The second-order valence-electron chi connectivity index (χ2n) is 4.13. The lowest BCUT2D eigenvalue weighted by Gasteiger charge is -2.17. The van der Waals surface area contributed by atoms with Crippen molar-refractivity contribution in [1.29, 1.82) is 0 Å². The van der Waals surface area contributed by atoms with E-state index in [0.717, 1.165) is 12.0 Å². The Morgan fingerprint density at radius 3 is 2.37 bits per heavy atom. The average Bonchev–Trinajstić information content (AvgIpc) is 2.34. The highest BCUT2D eigenvalue weighted by Gasteiger charge is 2.27. The van der Waals surface area contributed by atoms with Crippen LogP contribution in [0.5, 0.6) is 0 Å². The highest BCUT2D eigenvalue weighted by atomic mass is 19.4. The van der Waals surface area contributed by atoms with Gasteiger partial charge in [-0.3, -0.25) is 0 Å². The fourth-order valence-electron chi connectivity index (χ4n) is 1.69. The fraction of sp³-hybridized carbons (Fsp3) is 0.538. The first-order valence-corrected chi connectivity index (χ1v) is 6.05. The highest BCUT2D eigenvalue weighted by Crippen LogP contribution is 2.17. The summed E-state index contributed by atoms with van der Waals surface area (Å²) in [6, 6.07) is 6.02. The minimum atomic E-state index is -4.29. The van der Waals surface area contributed by atoms with Gasteiger partial charge in [-0.05, 0) is 24.1 Å². The summed E-state index contributed by atoms with van der Waals surface area (Å²) in [5, 5.41) is 3.08. The predicted molar refractivity (Wildman–Crippen MR) is 64.3 cm³/mol. The van der Waals surface area contributed by atoms with E-state index in [2.05, 4.69) is 10.1 Å². The molecule has 2 nitrogen and oxygen atoms in total. The minimum absolute atomic E-state index is 0.0167. The van der Waals surface area contributed by atoms with E-state index >= 15 is 0 Å². The molecular formula is C13H17F4NO. The van der Waals surface area contributed by atoms with Gasteiger partial charge in [0.15, 0.2) is 0 Å². The first-order valence-electron chi connectivity index (χ1n) is 6.05. The molecule has 6 heteroatoms. The van der Waals surface area contributed by atoms with Crippen molar-refractivity contribution < 1.29 is 22.3 Å². The fourth-order valence-corrected chi connectivity index (χ4v) is 1.69. The number of hydrogen-bond donors (Lipinski definition) is 1. The van der Waals surface area contributed by atoms with Crippen LogP contribution in [-0.2, 0) is 4.74 Å². The topological polar surface area (TPSA) is 21.3 Å². The van der Waals surface area contributed by atoms with Gasteiger partial charge in [0.2, 0.25) is 0 Å². The van der Waals surface area contributed by atoms with E-state index in [-0.39, 0.29) is 18.5 Å². The third-order valence-corrected chi connectivity index (χ3v) is 2.58. The monoisotopic (exact) mass is 279 g/mol. The summed E-state index contributed by atoms with van der Waals surface area (Å²) in [4.78, 5) is 0. The van der Waals surface area contributed by atoms with Crippen LogP contribution in [0.3, 0.4) is 0 Å². The van der Waals surface area contributed by atoms with Gasteiger partial charge in [0.05, 0.1) is 6.61 Å². The number of halogens is 4. The van der Waals surface area contributed by atoms with Gasteiger partial charge in [-0.2, -0.15) is 13.2 Å². The summed E-state index contributed by atoms with van der Waals surface area (Å²) in [5.74, 6) is -0.313. The molecule has 1 unspecified atom stereocenters. The Bertz CT molecular complexity index is 364. The van der Waals surface area contributed by atoms with Crippen LogP contribution in [0.1, 0.15) is 24.9 Å². The van der Waals surface area contributed by atoms with E-state index in [0.29, 0.717) is 6.54 Å². The van der Waals surface area contributed by atoms with Crippen molar-refractivity contribution in [2.75, 3.05) is 19.8 Å². The molecule has 1 rings (SSSR count). The van der Waals surface area contributed by atoms with Gasteiger partial charge in [0.1, 0.15) is 12.4 Å². The highest BCUT2D eigenvalue weighted by molar-refractivity contribution is 5.19. The van der Waals surface area contributed by atoms with Crippen LogP contribution in [0.15, 0.2) is 24.3 Å². The molecule has 1 aromatic carbocycles. The van der Waals surface area contributed by atoms with Gasteiger partial charge in [-0.15, -0.1) is 0 Å². The number of benzene rings is 1. The van der Waals surface area contributed by atoms with Gasteiger partial charge in [0.25, 0.3) is 0 Å².